The molecule has 1 fully saturated rings. The second-order valence-corrected chi connectivity index (χ2v) is 5.48. The highest BCUT2D eigenvalue weighted by molar-refractivity contribution is 9.10. The van der Waals surface area contributed by atoms with Crippen molar-refractivity contribution in [3.8, 4) is 0 Å². The Morgan fingerprint density at radius 3 is 2.72 bits per heavy atom. The molecule has 2 N–H and O–H groups in total. The number of carboxylic acid groups (broad SMARTS) is 1. The van der Waals surface area contributed by atoms with E-state index in [0.29, 0.717) is 10.6 Å². The van der Waals surface area contributed by atoms with E-state index in [2.05, 4.69) is 21.2 Å². The minimum Gasteiger partial charge on any atom is -0.480 e. The Morgan fingerprint density at radius 2 is 2.11 bits per heavy atom. The first kappa shape index (κ1) is 13.8. The summed E-state index contributed by atoms with van der Waals surface area (Å²) in [5, 5.41) is 13.2. The predicted octanol–water partition coefficient (Wildman–Crippen LogP) is 2.13. The smallest absolute Gasteiger partial charge is 0.325 e. The Hall–Kier alpha value is -0.620. The first-order valence-electron chi connectivity index (χ1n) is 5.72. The lowest BCUT2D eigenvalue weighted by Gasteiger charge is -2.33. The monoisotopic (exact) mass is 332 g/mol. The largest absolute Gasteiger partial charge is 0.480 e. The van der Waals surface area contributed by atoms with Gasteiger partial charge in [-0.25, -0.2) is 0 Å². The molecule has 98 valence electrons. The number of hydrogen-bond acceptors (Lipinski definition) is 3. The molecule has 1 aromatic carbocycles. The van der Waals surface area contributed by atoms with E-state index in [-0.39, 0.29) is 0 Å². The summed E-state index contributed by atoms with van der Waals surface area (Å²) in [6, 6.07) is 4.59. The van der Waals surface area contributed by atoms with Gasteiger partial charge in [-0.2, -0.15) is 0 Å². The second-order valence-electron chi connectivity index (χ2n) is 4.19. The van der Waals surface area contributed by atoms with Crippen LogP contribution in [0.3, 0.4) is 0 Å². The molecule has 0 amide bonds. The third-order valence-corrected chi connectivity index (χ3v) is 3.96. The fourth-order valence-electron chi connectivity index (χ4n) is 2.15. The van der Waals surface area contributed by atoms with Gasteiger partial charge in [0.05, 0.1) is 0 Å². The molecule has 1 aliphatic heterocycles. The van der Waals surface area contributed by atoms with Crippen molar-refractivity contribution in [3.63, 3.8) is 0 Å². The minimum atomic E-state index is -0.847. The Bertz CT molecular complexity index is 450. The van der Waals surface area contributed by atoms with E-state index in [4.69, 9.17) is 11.6 Å². The maximum atomic E-state index is 11.5. The molecule has 0 aliphatic carbocycles. The van der Waals surface area contributed by atoms with Gasteiger partial charge >= 0.3 is 5.97 Å². The Kier molecular flexibility index (Phi) is 4.61. The van der Waals surface area contributed by atoms with Crippen LogP contribution in [-0.4, -0.2) is 42.2 Å². The molecule has 2 rings (SSSR count). The number of nitrogens with one attached hydrogen (secondary N) is 1. The standard InChI is InChI=1S/C12H14BrClN2O2/c13-10-2-1-8(14)7-9(10)11(12(17)18)16-5-3-15-4-6-16/h1-2,7,11,15H,3-6H2,(H,17,18). The maximum absolute atomic E-state index is 11.5. The fourth-order valence-corrected chi connectivity index (χ4v) is 2.79. The van der Waals surface area contributed by atoms with E-state index < -0.39 is 12.0 Å². The van der Waals surface area contributed by atoms with Crippen molar-refractivity contribution in [1.82, 2.24) is 10.2 Å². The van der Waals surface area contributed by atoms with E-state index in [1.54, 1.807) is 18.2 Å². The van der Waals surface area contributed by atoms with Crippen LogP contribution in [0, 0.1) is 0 Å². The van der Waals surface area contributed by atoms with Gasteiger partial charge < -0.3 is 10.4 Å². The van der Waals surface area contributed by atoms with Crippen molar-refractivity contribution in [1.29, 1.82) is 0 Å². The number of nitrogens with zero attached hydrogens (tertiary/aromatic N) is 1. The molecule has 0 saturated carbocycles. The van der Waals surface area contributed by atoms with Crippen LogP contribution in [-0.2, 0) is 4.79 Å². The molecule has 1 aliphatic rings. The Labute approximate surface area is 119 Å². The molecule has 1 saturated heterocycles. The number of rotatable bonds is 3. The molecule has 0 spiro atoms. The molecule has 1 aromatic rings. The normalized spacial score (nSPS) is 18.6. The zero-order chi connectivity index (χ0) is 13.1. The molecular weight excluding hydrogens is 320 g/mol. The summed E-state index contributed by atoms with van der Waals surface area (Å²) in [6.07, 6.45) is 0. The highest BCUT2D eigenvalue weighted by atomic mass is 79.9. The fraction of sp³-hybridized carbons (Fsp3) is 0.417. The predicted molar refractivity (Wildman–Crippen MR) is 74.0 cm³/mol. The van der Waals surface area contributed by atoms with Crippen molar-refractivity contribution in [2.45, 2.75) is 6.04 Å². The van der Waals surface area contributed by atoms with Gasteiger partial charge in [-0.1, -0.05) is 27.5 Å². The highest BCUT2D eigenvalue weighted by Crippen LogP contribution is 2.30. The van der Waals surface area contributed by atoms with Gasteiger partial charge in [0, 0.05) is 35.7 Å². The molecule has 1 heterocycles. The molecule has 0 aromatic heterocycles. The Balaban J connectivity index is 2.34. The van der Waals surface area contributed by atoms with Crippen molar-refractivity contribution in [2.24, 2.45) is 0 Å². The first-order chi connectivity index (χ1) is 8.59. The van der Waals surface area contributed by atoms with Crippen molar-refractivity contribution in [3.05, 3.63) is 33.3 Å². The number of benzene rings is 1. The highest BCUT2D eigenvalue weighted by Gasteiger charge is 2.30. The topological polar surface area (TPSA) is 52.6 Å². The number of halogens is 2. The molecule has 6 heteroatoms. The van der Waals surface area contributed by atoms with Gasteiger partial charge in [0.1, 0.15) is 6.04 Å². The second kappa shape index (κ2) is 6.02. The summed E-state index contributed by atoms with van der Waals surface area (Å²) in [6.45, 7) is 3.05. The number of carbonyl (C=O) groups is 1. The number of hydrogen-bond donors (Lipinski definition) is 2. The van der Waals surface area contributed by atoms with Gasteiger partial charge in [-0.15, -0.1) is 0 Å². The summed E-state index contributed by atoms with van der Waals surface area (Å²) in [7, 11) is 0. The summed E-state index contributed by atoms with van der Waals surface area (Å²) >= 11 is 9.36. The zero-order valence-electron chi connectivity index (χ0n) is 9.70. The van der Waals surface area contributed by atoms with Crippen LogP contribution in [0.25, 0.3) is 0 Å². The minimum absolute atomic E-state index is 0.551. The average molecular weight is 334 g/mol. The van der Waals surface area contributed by atoms with Crippen molar-refractivity contribution in [2.75, 3.05) is 26.2 Å². The molecular formula is C12H14BrClN2O2. The number of carboxylic acids is 1. The van der Waals surface area contributed by atoms with Gasteiger partial charge in [0.25, 0.3) is 0 Å². The van der Waals surface area contributed by atoms with Gasteiger partial charge in [-0.05, 0) is 23.8 Å². The third-order valence-electron chi connectivity index (χ3n) is 3.00. The molecule has 1 unspecified atom stereocenters. The lowest BCUT2D eigenvalue weighted by molar-refractivity contribution is -0.143. The van der Waals surface area contributed by atoms with Crippen LogP contribution in [0.2, 0.25) is 5.02 Å². The van der Waals surface area contributed by atoms with Crippen molar-refractivity contribution < 1.29 is 9.90 Å². The number of aliphatic carboxylic acids is 1. The lowest BCUT2D eigenvalue weighted by atomic mass is 10.0. The third kappa shape index (κ3) is 3.03. The summed E-state index contributed by atoms with van der Waals surface area (Å²) in [4.78, 5) is 13.5. The van der Waals surface area contributed by atoms with E-state index in [0.717, 1.165) is 30.7 Å². The summed E-state index contributed by atoms with van der Waals surface area (Å²) in [5.74, 6) is -0.847. The average Bonchev–Trinajstić information content (AvgIpc) is 2.35. The number of piperazine rings is 1. The van der Waals surface area contributed by atoms with Crippen LogP contribution in [0.4, 0.5) is 0 Å². The van der Waals surface area contributed by atoms with E-state index in [9.17, 15) is 9.90 Å². The van der Waals surface area contributed by atoms with E-state index in [1.807, 2.05) is 4.90 Å². The van der Waals surface area contributed by atoms with Crippen LogP contribution < -0.4 is 5.32 Å². The summed E-state index contributed by atoms with van der Waals surface area (Å²) < 4.78 is 0.776. The SMILES string of the molecule is O=C(O)C(c1cc(Cl)ccc1Br)N1CCNCC1. The molecule has 18 heavy (non-hydrogen) atoms. The maximum Gasteiger partial charge on any atom is 0.325 e. The zero-order valence-corrected chi connectivity index (χ0v) is 12.0. The van der Waals surface area contributed by atoms with Crippen LogP contribution in [0.15, 0.2) is 22.7 Å². The Morgan fingerprint density at radius 1 is 1.44 bits per heavy atom. The van der Waals surface area contributed by atoms with Gasteiger partial charge in [-0.3, -0.25) is 9.69 Å². The van der Waals surface area contributed by atoms with Crippen LogP contribution in [0.1, 0.15) is 11.6 Å². The first-order valence-corrected chi connectivity index (χ1v) is 6.89. The van der Waals surface area contributed by atoms with Gasteiger partial charge in [0.15, 0.2) is 0 Å². The van der Waals surface area contributed by atoms with E-state index in [1.165, 1.54) is 0 Å². The van der Waals surface area contributed by atoms with Crippen LogP contribution >= 0.6 is 27.5 Å². The van der Waals surface area contributed by atoms with Crippen LogP contribution in [0.5, 0.6) is 0 Å². The quantitative estimate of drug-likeness (QED) is 0.890. The molecule has 1 atom stereocenters. The van der Waals surface area contributed by atoms with Crippen molar-refractivity contribution >= 4 is 33.5 Å². The van der Waals surface area contributed by atoms with Gasteiger partial charge in [0.2, 0.25) is 0 Å². The molecule has 0 bridgehead atoms. The summed E-state index contributed by atoms with van der Waals surface area (Å²) in [5.41, 5.74) is 0.705. The van der Waals surface area contributed by atoms with E-state index >= 15 is 0 Å². The lowest BCUT2D eigenvalue weighted by Crippen LogP contribution is -2.47. The molecule has 0 radical (unpaired) electrons. The molecule has 4 nitrogen and oxygen atoms in total.